The number of rotatable bonds is 3. The van der Waals surface area contributed by atoms with Gasteiger partial charge in [-0.25, -0.2) is 4.68 Å². The fourth-order valence-electron chi connectivity index (χ4n) is 3.30. The van der Waals surface area contributed by atoms with Crippen molar-refractivity contribution in [3.63, 3.8) is 0 Å². The topological polar surface area (TPSA) is 89.9 Å². The fraction of sp³-hybridized carbons (Fsp3) is 0.571. The number of amides is 1. The molecule has 2 N–H and O–H groups in total. The maximum Gasteiger partial charge on any atom is 0.244 e. The van der Waals surface area contributed by atoms with Crippen molar-refractivity contribution >= 4 is 29.0 Å². The molecular weight excluding hydrogens is 332 g/mol. The molecule has 122 valence electrons. The zero-order valence-corrected chi connectivity index (χ0v) is 14.8. The third-order valence-corrected chi connectivity index (χ3v) is 6.97. The molecular formula is C14H18N6OS2. The van der Waals surface area contributed by atoms with Crippen LogP contribution in [0.1, 0.15) is 35.5 Å². The fourth-order valence-corrected chi connectivity index (χ4v) is 5.74. The van der Waals surface area contributed by atoms with Crippen molar-refractivity contribution in [2.24, 2.45) is 5.73 Å². The number of carbonyl (C=O) groups is 1. The lowest BCUT2D eigenvalue weighted by atomic mass is 9.95. The molecule has 23 heavy (non-hydrogen) atoms. The molecule has 2 saturated heterocycles. The van der Waals surface area contributed by atoms with Crippen molar-refractivity contribution < 1.29 is 4.79 Å². The Hall–Kier alpha value is -1.45. The summed E-state index contributed by atoms with van der Waals surface area (Å²) >= 11 is 3.46. The highest BCUT2D eigenvalue weighted by Gasteiger charge is 2.61. The largest absolute Gasteiger partial charge is 0.317 e. The van der Waals surface area contributed by atoms with Crippen molar-refractivity contribution in [3.05, 3.63) is 27.7 Å². The molecule has 0 aliphatic carbocycles. The normalized spacial score (nSPS) is 28.8. The van der Waals surface area contributed by atoms with Crippen molar-refractivity contribution in [2.75, 3.05) is 0 Å². The summed E-state index contributed by atoms with van der Waals surface area (Å²) in [5.41, 5.74) is 5.94. The van der Waals surface area contributed by atoms with Crippen LogP contribution in [0.25, 0.3) is 0 Å². The van der Waals surface area contributed by atoms with Crippen LogP contribution in [0.4, 0.5) is 0 Å². The first kappa shape index (κ1) is 15.1. The molecule has 2 aromatic rings. The molecule has 9 heteroatoms. The van der Waals surface area contributed by atoms with Gasteiger partial charge in [0.05, 0.1) is 6.54 Å². The van der Waals surface area contributed by atoms with Crippen LogP contribution in [0.2, 0.25) is 0 Å². The number of β-lactam (4-membered cyclic amide) rings is 1. The number of hydrogen-bond acceptors (Lipinski definition) is 7. The Morgan fingerprint density at radius 3 is 2.87 bits per heavy atom. The molecule has 2 aliphatic heterocycles. The molecule has 0 spiro atoms. The van der Waals surface area contributed by atoms with Crippen molar-refractivity contribution in [3.8, 4) is 0 Å². The molecule has 3 atom stereocenters. The van der Waals surface area contributed by atoms with Gasteiger partial charge in [0.2, 0.25) is 5.91 Å². The van der Waals surface area contributed by atoms with E-state index in [2.05, 4.69) is 48.4 Å². The number of thioether (sulfide) groups is 1. The van der Waals surface area contributed by atoms with E-state index in [-0.39, 0.29) is 22.1 Å². The smallest absolute Gasteiger partial charge is 0.244 e. The van der Waals surface area contributed by atoms with Gasteiger partial charge in [0.1, 0.15) is 17.5 Å². The maximum absolute atomic E-state index is 12.2. The van der Waals surface area contributed by atoms with Crippen LogP contribution in [0.15, 0.2) is 12.1 Å². The summed E-state index contributed by atoms with van der Waals surface area (Å²) < 4.78 is 1.63. The molecule has 2 aliphatic rings. The average Bonchev–Trinajstić information content (AvgIpc) is 3.16. The highest BCUT2D eigenvalue weighted by atomic mass is 32.2. The Balaban J connectivity index is 1.68. The van der Waals surface area contributed by atoms with Gasteiger partial charge in [-0.2, -0.15) is 0 Å². The Labute approximate surface area is 142 Å². The molecule has 0 radical (unpaired) electrons. The zero-order valence-electron chi connectivity index (χ0n) is 13.1. The van der Waals surface area contributed by atoms with Crippen LogP contribution in [-0.4, -0.2) is 47.2 Å². The number of thiophene rings is 1. The van der Waals surface area contributed by atoms with E-state index in [1.54, 1.807) is 27.8 Å². The van der Waals surface area contributed by atoms with E-state index < -0.39 is 6.04 Å². The van der Waals surface area contributed by atoms with E-state index in [1.807, 2.05) is 4.90 Å². The van der Waals surface area contributed by atoms with Crippen LogP contribution in [-0.2, 0) is 11.3 Å². The number of carbonyl (C=O) groups excluding carboxylic acids is 1. The molecule has 2 fully saturated rings. The molecule has 4 heterocycles. The van der Waals surface area contributed by atoms with Gasteiger partial charge in [-0.1, -0.05) is 0 Å². The Bertz CT molecular complexity index is 769. The first-order valence-electron chi connectivity index (χ1n) is 7.45. The van der Waals surface area contributed by atoms with Crippen molar-refractivity contribution in [1.29, 1.82) is 0 Å². The van der Waals surface area contributed by atoms with E-state index in [0.29, 0.717) is 6.54 Å². The van der Waals surface area contributed by atoms with Gasteiger partial charge < -0.3 is 10.6 Å². The minimum atomic E-state index is -0.409. The Morgan fingerprint density at radius 2 is 2.17 bits per heavy atom. The Morgan fingerprint density at radius 1 is 1.39 bits per heavy atom. The number of fused-ring (bicyclic) bond motifs is 1. The molecule has 4 rings (SSSR count). The number of aryl methyl sites for hydroxylation is 1. The van der Waals surface area contributed by atoms with Gasteiger partial charge in [-0.3, -0.25) is 4.79 Å². The van der Waals surface area contributed by atoms with E-state index in [4.69, 9.17) is 5.73 Å². The lowest BCUT2D eigenvalue weighted by Gasteiger charge is -2.42. The molecule has 0 saturated carbocycles. The standard InChI is InChI=1S/C14H18N6OS2/c1-7-4-5-8(22-7)6-19-11(16-17-18-19)10-14(2,3)23-13-9(15)12(21)20(10)13/h4-5,9-10,13H,6,15H2,1-3H3/t9?,10?,13-/m0/s1. The van der Waals surface area contributed by atoms with Crippen LogP contribution < -0.4 is 5.73 Å². The summed E-state index contributed by atoms with van der Waals surface area (Å²) in [5.74, 6) is 0.718. The van der Waals surface area contributed by atoms with Crippen LogP contribution in [0.5, 0.6) is 0 Å². The average molecular weight is 350 g/mol. The second-order valence-corrected chi connectivity index (χ2v) is 9.64. The van der Waals surface area contributed by atoms with E-state index in [0.717, 1.165) is 5.82 Å². The molecule has 2 aromatic heterocycles. The second kappa shape index (κ2) is 5.02. The van der Waals surface area contributed by atoms with Gasteiger partial charge >= 0.3 is 0 Å². The summed E-state index contributed by atoms with van der Waals surface area (Å²) in [6.07, 6.45) is 0. The minimum absolute atomic E-state index is 0.0143. The van der Waals surface area contributed by atoms with E-state index >= 15 is 0 Å². The van der Waals surface area contributed by atoms with Crippen molar-refractivity contribution in [2.45, 2.75) is 49.5 Å². The van der Waals surface area contributed by atoms with Gasteiger partial charge in [0, 0.05) is 14.5 Å². The summed E-state index contributed by atoms with van der Waals surface area (Å²) in [4.78, 5) is 16.5. The number of nitrogens with two attached hydrogens (primary N) is 1. The predicted octanol–water partition coefficient (Wildman–Crippen LogP) is 1.15. The summed E-state index contributed by atoms with van der Waals surface area (Å²) in [6, 6.07) is 3.62. The van der Waals surface area contributed by atoms with Gasteiger partial charge in [0.15, 0.2) is 5.82 Å². The lowest BCUT2D eigenvalue weighted by Crippen LogP contribution is -2.65. The first-order valence-corrected chi connectivity index (χ1v) is 9.15. The number of tetrazole rings is 1. The maximum atomic E-state index is 12.2. The quantitative estimate of drug-likeness (QED) is 0.835. The minimum Gasteiger partial charge on any atom is -0.317 e. The van der Waals surface area contributed by atoms with Gasteiger partial charge in [0.25, 0.3) is 0 Å². The highest BCUT2D eigenvalue weighted by molar-refractivity contribution is 8.01. The SMILES string of the molecule is Cc1ccc(Cn2nnnc2C2N3C(=O)C(N)[C@@H]3SC2(C)C)s1. The molecule has 1 amide bonds. The van der Waals surface area contributed by atoms with Crippen LogP contribution >= 0.6 is 23.1 Å². The summed E-state index contributed by atoms with van der Waals surface area (Å²) in [6.45, 7) is 6.94. The molecule has 0 bridgehead atoms. The molecule has 2 unspecified atom stereocenters. The number of aromatic nitrogens is 4. The Kier molecular flexibility index (Phi) is 3.30. The number of hydrogen-bond donors (Lipinski definition) is 1. The van der Waals surface area contributed by atoms with Gasteiger partial charge in [-0.15, -0.1) is 28.2 Å². The summed E-state index contributed by atoms with van der Waals surface area (Å²) in [5, 5.41) is 12.3. The molecule has 0 aromatic carbocycles. The van der Waals surface area contributed by atoms with Crippen LogP contribution in [0, 0.1) is 6.92 Å². The van der Waals surface area contributed by atoms with E-state index in [1.165, 1.54) is 9.75 Å². The predicted molar refractivity (Wildman–Crippen MR) is 89.0 cm³/mol. The van der Waals surface area contributed by atoms with Crippen molar-refractivity contribution in [1.82, 2.24) is 25.1 Å². The van der Waals surface area contributed by atoms with E-state index in [9.17, 15) is 4.79 Å². The monoisotopic (exact) mass is 350 g/mol. The summed E-state index contributed by atoms with van der Waals surface area (Å²) in [7, 11) is 0. The number of nitrogens with zero attached hydrogens (tertiary/aromatic N) is 5. The second-order valence-electron chi connectivity index (χ2n) is 6.49. The molecule has 7 nitrogen and oxygen atoms in total. The third-order valence-electron chi connectivity index (χ3n) is 4.39. The first-order chi connectivity index (χ1) is 10.9. The lowest BCUT2D eigenvalue weighted by molar-refractivity contribution is -0.147. The van der Waals surface area contributed by atoms with Gasteiger partial charge in [-0.05, 0) is 43.3 Å². The van der Waals surface area contributed by atoms with Crippen LogP contribution in [0.3, 0.4) is 0 Å². The zero-order chi connectivity index (χ0) is 16.4. The highest BCUT2D eigenvalue weighted by Crippen LogP contribution is 2.56. The third kappa shape index (κ3) is 2.21.